The molecule has 2 rings (SSSR count). The molecule has 23 heavy (non-hydrogen) atoms. The number of nitrogens with one attached hydrogen (secondary N) is 2. The highest BCUT2D eigenvalue weighted by Crippen LogP contribution is 2.22. The molecule has 0 saturated carbocycles. The molecule has 2 N–H and O–H groups in total. The lowest BCUT2D eigenvalue weighted by Crippen LogP contribution is -2.51. The normalized spacial score (nSPS) is 14.0. The van der Waals surface area contributed by atoms with Crippen molar-refractivity contribution in [1.82, 2.24) is 15.8 Å². The van der Waals surface area contributed by atoms with Crippen molar-refractivity contribution in [3.8, 4) is 5.75 Å². The fourth-order valence-electron chi connectivity index (χ4n) is 2.16. The van der Waals surface area contributed by atoms with Crippen molar-refractivity contribution in [2.45, 2.75) is 19.3 Å². The van der Waals surface area contributed by atoms with E-state index in [2.05, 4.69) is 10.9 Å². The molecule has 0 aromatic heterocycles. The maximum absolute atomic E-state index is 11.8. The molecule has 0 radical (unpaired) electrons. The maximum atomic E-state index is 11.8. The number of benzene rings is 1. The largest absolute Gasteiger partial charge is 0.482 e. The summed E-state index contributed by atoms with van der Waals surface area (Å²) in [6, 6.07) is 6.71. The summed E-state index contributed by atoms with van der Waals surface area (Å²) < 4.78 is 5.22. The van der Waals surface area contributed by atoms with Gasteiger partial charge in [0.2, 0.25) is 0 Å². The number of piperidine rings is 1. The van der Waals surface area contributed by atoms with E-state index in [1.165, 1.54) is 4.90 Å². The van der Waals surface area contributed by atoms with Crippen LogP contribution in [0.5, 0.6) is 5.75 Å². The Balaban J connectivity index is 1.72. The Kier molecular flexibility index (Phi) is 6.22. The lowest BCUT2D eigenvalue weighted by molar-refractivity contribution is -0.147. The fraction of sp³-hybridized carbons (Fsp3) is 0.400. The van der Waals surface area contributed by atoms with Crippen LogP contribution in [-0.4, -0.2) is 42.3 Å². The van der Waals surface area contributed by atoms with Crippen LogP contribution in [0, 0.1) is 0 Å². The zero-order valence-corrected chi connectivity index (χ0v) is 13.3. The van der Waals surface area contributed by atoms with E-state index in [9.17, 15) is 14.4 Å². The minimum atomic E-state index is -0.863. The number of rotatable bonds is 3. The molecule has 0 bridgehead atoms. The average Bonchev–Trinajstić information content (AvgIpc) is 2.59. The van der Waals surface area contributed by atoms with Crippen LogP contribution in [0.1, 0.15) is 19.3 Å². The van der Waals surface area contributed by atoms with Gasteiger partial charge in [0.1, 0.15) is 5.75 Å². The first-order chi connectivity index (χ1) is 11.1. The summed E-state index contributed by atoms with van der Waals surface area (Å²) in [5.74, 6) is -1.74. The number of amides is 3. The van der Waals surface area contributed by atoms with E-state index in [0.29, 0.717) is 23.9 Å². The molecule has 1 saturated heterocycles. The van der Waals surface area contributed by atoms with E-state index in [1.54, 1.807) is 24.3 Å². The van der Waals surface area contributed by atoms with Gasteiger partial charge in [0.25, 0.3) is 5.91 Å². The number of para-hydroxylation sites is 1. The van der Waals surface area contributed by atoms with E-state index in [1.807, 2.05) is 0 Å². The van der Waals surface area contributed by atoms with Crippen molar-refractivity contribution >= 4 is 29.3 Å². The molecule has 0 atom stereocenters. The zero-order valence-electron chi connectivity index (χ0n) is 12.5. The maximum Gasteiger partial charge on any atom is 0.327 e. The third kappa shape index (κ3) is 5.14. The summed E-state index contributed by atoms with van der Waals surface area (Å²) in [6.45, 7) is 0.799. The molecule has 1 aliphatic heterocycles. The van der Waals surface area contributed by atoms with Crippen LogP contribution in [0.15, 0.2) is 24.3 Å². The number of ether oxygens (including phenoxy) is 1. The monoisotopic (exact) mass is 339 g/mol. The summed E-state index contributed by atoms with van der Waals surface area (Å²) in [5.41, 5.74) is 4.23. The molecule has 0 aliphatic carbocycles. The molecule has 7 nitrogen and oxygen atoms in total. The predicted octanol–water partition coefficient (Wildman–Crippen LogP) is 0.879. The van der Waals surface area contributed by atoms with Gasteiger partial charge in [-0.15, -0.1) is 0 Å². The molecule has 3 amide bonds. The van der Waals surface area contributed by atoms with E-state index in [0.717, 1.165) is 19.3 Å². The topological polar surface area (TPSA) is 87.7 Å². The molecule has 8 heteroatoms. The highest BCUT2D eigenvalue weighted by Gasteiger charge is 2.23. The van der Waals surface area contributed by atoms with Gasteiger partial charge >= 0.3 is 11.8 Å². The number of hydrogen-bond acceptors (Lipinski definition) is 4. The Bertz CT molecular complexity index is 588. The van der Waals surface area contributed by atoms with Gasteiger partial charge in [-0.1, -0.05) is 23.7 Å². The van der Waals surface area contributed by atoms with Crippen LogP contribution in [0.3, 0.4) is 0 Å². The lowest BCUT2D eigenvalue weighted by Gasteiger charge is -2.25. The molecular formula is C15H18ClN3O4. The minimum absolute atomic E-state index is 0.331. The first-order valence-electron chi connectivity index (χ1n) is 7.33. The first-order valence-corrected chi connectivity index (χ1v) is 7.71. The average molecular weight is 340 g/mol. The van der Waals surface area contributed by atoms with E-state index in [-0.39, 0.29) is 6.61 Å². The second kappa shape index (κ2) is 8.38. The Morgan fingerprint density at radius 3 is 2.48 bits per heavy atom. The molecule has 0 spiro atoms. The van der Waals surface area contributed by atoms with E-state index in [4.69, 9.17) is 16.3 Å². The number of hydrazine groups is 1. The molecule has 124 valence electrons. The highest BCUT2D eigenvalue weighted by atomic mass is 35.5. The van der Waals surface area contributed by atoms with E-state index >= 15 is 0 Å². The van der Waals surface area contributed by atoms with Gasteiger partial charge in [-0.3, -0.25) is 25.2 Å². The third-order valence-corrected chi connectivity index (χ3v) is 3.66. The van der Waals surface area contributed by atoms with Crippen molar-refractivity contribution in [3.05, 3.63) is 29.3 Å². The standard InChI is InChI=1S/C15H18ClN3O4/c16-11-6-2-3-7-12(11)23-10-13(20)17-18-14(21)15(22)19-8-4-1-5-9-19/h2-3,6-7H,1,4-5,8-10H2,(H,17,20)(H,18,21). The second-order valence-electron chi connectivity index (χ2n) is 5.07. The lowest BCUT2D eigenvalue weighted by atomic mass is 10.1. The number of likely N-dealkylation sites (tertiary alicyclic amines) is 1. The summed E-state index contributed by atoms with van der Waals surface area (Å²) in [5, 5.41) is 0.379. The van der Waals surface area contributed by atoms with Crippen LogP contribution >= 0.6 is 11.6 Å². The fourth-order valence-corrected chi connectivity index (χ4v) is 2.35. The zero-order chi connectivity index (χ0) is 16.7. The number of nitrogens with zero attached hydrogens (tertiary/aromatic N) is 1. The third-order valence-electron chi connectivity index (χ3n) is 3.35. The van der Waals surface area contributed by atoms with Gasteiger partial charge in [0.05, 0.1) is 5.02 Å². The Labute approximate surface area is 138 Å². The van der Waals surface area contributed by atoms with Crippen molar-refractivity contribution in [2.75, 3.05) is 19.7 Å². The molecular weight excluding hydrogens is 322 g/mol. The molecule has 1 aliphatic rings. The van der Waals surface area contributed by atoms with Gasteiger partial charge in [0, 0.05) is 13.1 Å². The quantitative estimate of drug-likeness (QED) is 0.632. The smallest absolute Gasteiger partial charge is 0.327 e. The number of hydrogen-bond donors (Lipinski definition) is 2. The highest BCUT2D eigenvalue weighted by molar-refractivity contribution is 6.35. The van der Waals surface area contributed by atoms with Crippen molar-refractivity contribution in [1.29, 1.82) is 0 Å². The van der Waals surface area contributed by atoms with Gasteiger partial charge < -0.3 is 9.64 Å². The number of carbonyl (C=O) groups is 3. The number of carbonyl (C=O) groups excluding carboxylic acids is 3. The van der Waals surface area contributed by atoms with Crippen LogP contribution < -0.4 is 15.6 Å². The summed E-state index contributed by atoms with van der Waals surface area (Å²) >= 11 is 5.89. The molecule has 1 aromatic carbocycles. The molecule has 1 fully saturated rings. The minimum Gasteiger partial charge on any atom is -0.482 e. The second-order valence-corrected chi connectivity index (χ2v) is 5.48. The van der Waals surface area contributed by atoms with Crippen LogP contribution in [0.25, 0.3) is 0 Å². The first kappa shape index (κ1) is 17.1. The van der Waals surface area contributed by atoms with Crippen molar-refractivity contribution < 1.29 is 19.1 Å². The van der Waals surface area contributed by atoms with Crippen molar-refractivity contribution in [2.24, 2.45) is 0 Å². The number of halogens is 1. The summed E-state index contributed by atoms with van der Waals surface area (Å²) in [7, 11) is 0. The van der Waals surface area contributed by atoms with Crippen molar-refractivity contribution in [3.63, 3.8) is 0 Å². The van der Waals surface area contributed by atoms with Crippen LogP contribution in [-0.2, 0) is 14.4 Å². The van der Waals surface area contributed by atoms with Gasteiger partial charge in [0.15, 0.2) is 6.61 Å². The summed E-state index contributed by atoms with van der Waals surface area (Å²) in [4.78, 5) is 36.6. The molecule has 1 aromatic rings. The Morgan fingerprint density at radius 2 is 1.78 bits per heavy atom. The molecule has 0 unspecified atom stereocenters. The molecule has 1 heterocycles. The SMILES string of the molecule is O=C(COc1ccccc1Cl)NNC(=O)C(=O)N1CCCCC1. The van der Waals surface area contributed by atoms with Gasteiger partial charge in [-0.05, 0) is 31.4 Å². The predicted molar refractivity (Wildman–Crippen MR) is 83.7 cm³/mol. The van der Waals surface area contributed by atoms with Crippen LogP contribution in [0.4, 0.5) is 0 Å². The Morgan fingerprint density at radius 1 is 1.09 bits per heavy atom. The van der Waals surface area contributed by atoms with Gasteiger partial charge in [-0.2, -0.15) is 0 Å². The van der Waals surface area contributed by atoms with E-state index < -0.39 is 17.7 Å². The Hall–Kier alpha value is -2.28. The van der Waals surface area contributed by atoms with Crippen LogP contribution in [0.2, 0.25) is 5.02 Å². The van der Waals surface area contributed by atoms with Gasteiger partial charge in [-0.25, -0.2) is 0 Å². The summed E-state index contributed by atoms with van der Waals surface area (Å²) in [6.07, 6.45) is 2.83.